The smallest absolute Gasteiger partial charge is 0.381 e. The molecule has 3 nitrogen and oxygen atoms in total. The summed E-state index contributed by atoms with van der Waals surface area (Å²) < 4.78 is 43.0. The molecule has 0 saturated heterocycles. The molecule has 1 aliphatic carbocycles. The Labute approximate surface area is 115 Å². The minimum absolute atomic E-state index is 0.0145. The van der Waals surface area contributed by atoms with E-state index in [2.05, 4.69) is 5.32 Å². The van der Waals surface area contributed by atoms with Crippen LogP contribution in [0.4, 0.5) is 18.9 Å². The molecule has 108 valence electrons. The summed E-state index contributed by atoms with van der Waals surface area (Å²) in [4.78, 5) is 0. The average Bonchev–Trinajstić information content (AvgIpc) is 2.85. The highest BCUT2D eigenvalue weighted by molar-refractivity contribution is 5.59. The van der Waals surface area contributed by atoms with Crippen LogP contribution in [0.5, 0.6) is 0 Å². The molecule has 1 fully saturated rings. The third-order valence-electron chi connectivity index (χ3n) is 3.54. The van der Waals surface area contributed by atoms with Gasteiger partial charge >= 0.3 is 6.18 Å². The first-order chi connectivity index (χ1) is 9.44. The Morgan fingerprint density at radius 1 is 1.35 bits per heavy atom. The number of nitrogens with one attached hydrogen (secondary N) is 1. The average molecular weight is 284 g/mol. The number of hydrogen-bond donors (Lipinski definition) is 1. The van der Waals surface area contributed by atoms with Crippen LogP contribution in [0.2, 0.25) is 0 Å². The normalized spacial score (nSPS) is 22.6. The molecular weight excluding hydrogens is 269 g/mol. The van der Waals surface area contributed by atoms with Crippen molar-refractivity contribution in [3.05, 3.63) is 29.3 Å². The highest BCUT2D eigenvalue weighted by Gasteiger charge is 2.31. The Morgan fingerprint density at radius 3 is 2.65 bits per heavy atom. The van der Waals surface area contributed by atoms with Gasteiger partial charge < -0.3 is 10.1 Å². The number of ether oxygens (including phenoxy) is 1. The lowest BCUT2D eigenvalue weighted by Crippen LogP contribution is -2.18. The predicted molar refractivity (Wildman–Crippen MR) is 68.2 cm³/mol. The van der Waals surface area contributed by atoms with Crippen LogP contribution in [0.25, 0.3) is 0 Å². The number of methoxy groups -OCH3 is 1. The summed E-state index contributed by atoms with van der Waals surface area (Å²) in [6, 6.07) is 5.13. The first-order valence-corrected chi connectivity index (χ1v) is 6.34. The number of halogens is 3. The van der Waals surface area contributed by atoms with Crippen LogP contribution in [0, 0.1) is 11.3 Å². The number of rotatable bonds is 3. The largest absolute Gasteiger partial charge is 0.416 e. The van der Waals surface area contributed by atoms with Crippen LogP contribution < -0.4 is 5.32 Å². The van der Waals surface area contributed by atoms with Crippen molar-refractivity contribution < 1.29 is 17.9 Å². The van der Waals surface area contributed by atoms with Gasteiger partial charge in [0.1, 0.15) is 6.07 Å². The zero-order valence-electron chi connectivity index (χ0n) is 11.0. The van der Waals surface area contributed by atoms with Crippen LogP contribution in [0.15, 0.2) is 18.2 Å². The Hall–Kier alpha value is -1.74. The monoisotopic (exact) mass is 284 g/mol. The lowest BCUT2D eigenvalue weighted by Gasteiger charge is -2.16. The molecule has 6 heteroatoms. The Kier molecular flexibility index (Phi) is 4.19. The molecule has 2 rings (SSSR count). The van der Waals surface area contributed by atoms with Gasteiger partial charge in [-0.3, -0.25) is 0 Å². The molecule has 1 aliphatic rings. The van der Waals surface area contributed by atoms with Gasteiger partial charge in [-0.05, 0) is 37.5 Å². The van der Waals surface area contributed by atoms with Crippen molar-refractivity contribution in [2.75, 3.05) is 12.4 Å². The minimum Gasteiger partial charge on any atom is -0.381 e. The van der Waals surface area contributed by atoms with Crippen molar-refractivity contribution in [2.24, 2.45) is 0 Å². The molecule has 1 N–H and O–H groups in total. The number of nitrogens with zero attached hydrogens (tertiary/aromatic N) is 1. The van der Waals surface area contributed by atoms with Gasteiger partial charge in [0.15, 0.2) is 0 Å². The van der Waals surface area contributed by atoms with E-state index in [0.29, 0.717) is 5.69 Å². The van der Waals surface area contributed by atoms with E-state index in [9.17, 15) is 13.2 Å². The maximum atomic E-state index is 12.6. The molecular formula is C14H15F3N2O. The van der Waals surface area contributed by atoms with Gasteiger partial charge in [0.2, 0.25) is 0 Å². The Balaban J connectivity index is 2.15. The van der Waals surface area contributed by atoms with Crippen LogP contribution in [0.1, 0.15) is 30.4 Å². The molecule has 0 aliphatic heterocycles. The summed E-state index contributed by atoms with van der Waals surface area (Å²) in [5.74, 6) is 0. The molecule has 1 aromatic carbocycles. The molecule has 0 spiro atoms. The molecule has 0 amide bonds. The number of benzene rings is 1. The second-order valence-electron chi connectivity index (χ2n) is 4.88. The van der Waals surface area contributed by atoms with Crippen molar-refractivity contribution in [1.29, 1.82) is 5.26 Å². The zero-order chi connectivity index (χ0) is 14.8. The molecule has 1 saturated carbocycles. The summed E-state index contributed by atoms with van der Waals surface area (Å²) in [5, 5.41) is 12.1. The summed E-state index contributed by atoms with van der Waals surface area (Å²) in [6.07, 6.45) is -1.67. The predicted octanol–water partition coefficient (Wildman–Crippen LogP) is 3.56. The van der Waals surface area contributed by atoms with Crippen molar-refractivity contribution in [1.82, 2.24) is 0 Å². The molecule has 0 bridgehead atoms. The number of anilines is 1. The first-order valence-electron chi connectivity index (χ1n) is 6.34. The van der Waals surface area contributed by atoms with Crippen LogP contribution >= 0.6 is 0 Å². The van der Waals surface area contributed by atoms with Crippen molar-refractivity contribution in [3.63, 3.8) is 0 Å². The summed E-state index contributed by atoms with van der Waals surface area (Å²) in [7, 11) is 1.64. The van der Waals surface area contributed by atoms with Crippen molar-refractivity contribution in [2.45, 2.75) is 37.6 Å². The molecule has 0 radical (unpaired) electrons. The van der Waals surface area contributed by atoms with Gasteiger partial charge in [-0.2, -0.15) is 18.4 Å². The molecule has 2 atom stereocenters. The summed E-state index contributed by atoms with van der Waals surface area (Å²) in [5.41, 5.74) is -0.344. The van der Waals surface area contributed by atoms with E-state index >= 15 is 0 Å². The fourth-order valence-electron chi connectivity index (χ4n) is 2.44. The topological polar surface area (TPSA) is 45.0 Å². The van der Waals surface area contributed by atoms with E-state index in [1.54, 1.807) is 7.11 Å². The van der Waals surface area contributed by atoms with Gasteiger partial charge in [-0.1, -0.05) is 0 Å². The van der Waals surface area contributed by atoms with E-state index in [1.165, 1.54) is 6.07 Å². The Morgan fingerprint density at radius 2 is 2.10 bits per heavy atom. The fourth-order valence-corrected chi connectivity index (χ4v) is 2.44. The van der Waals surface area contributed by atoms with Gasteiger partial charge in [-0.15, -0.1) is 0 Å². The second-order valence-corrected chi connectivity index (χ2v) is 4.88. The van der Waals surface area contributed by atoms with Crippen LogP contribution in [0.3, 0.4) is 0 Å². The van der Waals surface area contributed by atoms with Crippen LogP contribution in [-0.2, 0) is 10.9 Å². The number of nitriles is 1. The fraction of sp³-hybridized carbons (Fsp3) is 0.500. The SMILES string of the molecule is COC1CCC(Nc2ccc(C(F)(F)F)cc2C#N)C1. The van der Waals surface area contributed by atoms with E-state index in [1.807, 2.05) is 6.07 Å². The first kappa shape index (κ1) is 14.7. The maximum Gasteiger partial charge on any atom is 0.416 e. The van der Waals surface area contributed by atoms with E-state index < -0.39 is 11.7 Å². The Bertz CT molecular complexity index is 522. The van der Waals surface area contributed by atoms with Crippen molar-refractivity contribution >= 4 is 5.69 Å². The molecule has 0 heterocycles. The van der Waals surface area contributed by atoms with E-state index in [-0.39, 0.29) is 17.7 Å². The highest BCUT2D eigenvalue weighted by Crippen LogP contribution is 2.33. The summed E-state index contributed by atoms with van der Waals surface area (Å²) in [6.45, 7) is 0. The third-order valence-corrected chi connectivity index (χ3v) is 3.54. The molecule has 1 aromatic rings. The molecule has 2 unspecified atom stereocenters. The van der Waals surface area contributed by atoms with Gasteiger partial charge in [0, 0.05) is 13.2 Å². The van der Waals surface area contributed by atoms with Crippen molar-refractivity contribution in [3.8, 4) is 6.07 Å². The summed E-state index contributed by atoms with van der Waals surface area (Å²) >= 11 is 0. The molecule has 20 heavy (non-hydrogen) atoms. The minimum atomic E-state index is -4.43. The number of hydrogen-bond acceptors (Lipinski definition) is 3. The zero-order valence-corrected chi connectivity index (χ0v) is 11.0. The molecule has 0 aromatic heterocycles. The van der Waals surface area contributed by atoms with E-state index in [4.69, 9.17) is 10.00 Å². The quantitative estimate of drug-likeness (QED) is 0.923. The number of alkyl halides is 3. The standard InChI is InChI=1S/C14H15F3N2O/c1-20-12-4-3-11(7-12)19-13-5-2-10(14(15,16)17)6-9(13)8-18/h2,5-6,11-12,19H,3-4,7H2,1H3. The van der Waals surface area contributed by atoms with Gasteiger partial charge in [-0.25, -0.2) is 0 Å². The van der Waals surface area contributed by atoms with E-state index in [0.717, 1.165) is 31.4 Å². The van der Waals surface area contributed by atoms with Gasteiger partial charge in [0.25, 0.3) is 0 Å². The lowest BCUT2D eigenvalue weighted by molar-refractivity contribution is -0.137. The van der Waals surface area contributed by atoms with Gasteiger partial charge in [0.05, 0.1) is 22.9 Å². The highest BCUT2D eigenvalue weighted by atomic mass is 19.4. The third kappa shape index (κ3) is 3.23. The maximum absolute atomic E-state index is 12.6. The lowest BCUT2D eigenvalue weighted by atomic mass is 10.1. The van der Waals surface area contributed by atoms with Crippen LogP contribution in [-0.4, -0.2) is 19.3 Å². The second kappa shape index (κ2) is 5.71.